The number of hydrogen-bond acceptors (Lipinski definition) is 5. The summed E-state index contributed by atoms with van der Waals surface area (Å²) in [4.78, 5) is 10.6. The molecule has 24 heavy (non-hydrogen) atoms. The van der Waals surface area contributed by atoms with Gasteiger partial charge in [-0.1, -0.05) is 41.9 Å². The third kappa shape index (κ3) is 3.38. The van der Waals surface area contributed by atoms with Gasteiger partial charge in [-0.3, -0.25) is 0 Å². The van der Waals surface area contributed by atoms with Crippen LogP contribution < -0.4 is 4.90 Å². The molecule has 3 rings (SSSR count). The van der Waals surface area contributed by atoms with Gasteiger partial charge in [-0.25, -0.2) is 9.97 Å². The van der Waals surface area contributed by atoms with Gasteiger partial charge in [0.2, 0.25) is 0 Å². The minimum atomic E-state index is -0.637. The van der Waals surface area contributed by atoms with Gasteiger partial charge in [-0.2, -0.15) is 0 Å². The van der Waals surface area contributed by atoms with E-state index >= 15 is 0 Å². The first-order valence-electron chi connectivity index (χ1n) is 8.11. The second-order valence-electron chi connectivity index (χ2n) is 6.50. The molecule has 0 spiro atoms. The Balaban J connectivity index is 1.90. The molecule has 2 atom stereocenters. The third-order valence-electron chi connectivity index (χ3n) is 4.74. The van der Waals surface area contributed by atoms with Crippen molar-refractivity contribution in [3.8, 4) is 0 Å². The van der Waals surface area contributed by atoms with Gasteiger partial charge in [-0.05, 0) is 25.3 Å². The quantitative estimate of drug-likeness (QED) is 0.887. The fraction of sp³-hybridized carbons (Fsp3) is 0.444. The number of piperidine rings is 1. The Hall–Kier alpha value is -1.69. The molecule has 1 aromatic carbocycles. The van der Waals surface area contributed by atoms with Crippen molar-refractivity contribution in [3.63, 3.8) is 0 Å². The summed E-state index contributed by atoms with van der Waals surface area (Å²) in [6.07, 6.45) is 2.19. The van der Waals surface area contributed by atoms with Crippen LogP contribution in [0.2, 0.25) is 5.02 Å². The summed E-state index contributed by atoms with van der Waals surface area (Å²) >= 11 is 6.27. The Morgan fingerprint density at radius 3 is 2.79 bits per heavy atom. The van der Waals surface area contributed by atoms with Crippen LogP contribution in [0.5, 0.6) is 0 Å². The van der Waals surface area contributed by atoms with E-state index in [-0.39, 0.29) is 6.61 Å². The van der Waals surface area contributed by atoms with Crippen molar-refractivity contribution < 1.29 is 10.2 Å². The van der Waals surface area contributed by atoms with Crippen LogP contribution in [0.3, 0.4) is 0 Å². The third-order valence-corrected chi connectivity index (χ3v) is 5.01. The standard InChI is InChI=1S/C18H22ClN3O2/c1-13-20-10-15(19)17(21-13)22-8-7-16(24)18(11-22,12-23)9-14-5-3-2-4-6-14/h2-6,10,16,23-24H,7-9,11-12H2,1H3/t16-,18+/m1/s1. The first-order valence-corrected chi connectivity index (χ1v) is 8.49. The Labute approximate surface area is 146 Å². The maximum Gasteiger partial charge on any atom is 0.151 e. The highest BCUT2D eigenvalue weighted by Crippen LogP contribution is 2.37. The van der Waals surface area contributed by atoms with Gasteiger partial charge in [-0.15, -0.1) is 0 Å². The molecule has 0 bridgehead atoms. The number of aliphatic hydroxyl groups is 2. The largest absolute Gasteiger partial charge is 0.396 e. The topological polar surface area (TPSA) is 69.5 Å². The van der Waals surface area contributed by atoms with E-state index in [1.165, 1.54) is 0 Å². The number of halogens is 1. The van der Waals surface area contributed by atoms with Crippen LogP contribution in [0.1, 0.15) is 17.8 Å². The van der Waals surface area contributed by atoms with Gasteiger partial charge in [0, 0.05) is 18.5 Å². The first kappa shape index (κ1) is 17.1. The van der Waals surface area contributed by atoms with Gasteiger partial charge in [0.25, 0.3) is 0 Å². The Morgan fingerprint density at radius 1 is 1.33 bits per heavy atom. The van der Waals surface area contributed by atoms with Gasteiger partial charge < -0.3 is 15.1 Å². The molecule has 0 aliphatic carbocycles. The van der Waals surface area contributed by atoms with E-state index in [4.69, 9.17) is 11.6 Å². The summed E-state index contributed by atoms with van der Waals surface area (Å²) < 4.78 is 0. The number of aryl methyl sites for hydroxylation is 1. The zero-order valence-corrected chi connectivity index (χ0v) is 14.4. The van der Waals surface area contributed by atoms with Gasteiger partial charge >= 0.3 is 0 Å². The average Bonchev–Trinajstić information content (AvgIpc) is 2.60. The van der Waals surface area contributed by atoms with Crippen molar-refractivity contribution in [2.24, 2.45) is 5.41 Å². The molecular weight excluding hydrogens is 326 g/mol. The first-order chi connectivity index (χ1) is 11.5. The van der Waals surface area contributed by atoms with Crippen molar-refractivity contribution >= 4 is 17.4 Å². The Bertz CT molecular complexity index is 698. The van der Waals surface area contributed by atoms with Crippen LogP contribution in [0.15, 0.2) is 36.5 Å². The highest BCUT2D eigenvalue weighted by Gasteiger charge is 2.43. The van der Waals surface area contributed by atoms with Crippen molar-refractivity contribution in [2.75, 3.05) is 24.6 Å². The predicted octanol–water partition coefficient (Wildman–Crippen LogP) is 2.23. The van der Waals surface area contributed by atoms with E-state index in [9.17, 15) is 10.2 Å². The lowest BCUT2D eigenvalue weighted by atomic mass is 9.73. The molecule has 6 heteroatoms. The fourth-order valence-corrected chi connectivity index (χ4v) is 3.59. The van der Waals surface area contributed by atoms with Crippen LogP contribution in [0.4, 0.5) is 5.82 Å². The summed E-state index contributed by atoms with van der Waals surface area (Å²) in [6.45, 7) is 2.87. The van der Waals surface area contributed by atoms with Crippen LogP contribution in [0, 0.1) is 12.3 Å². The minimum absolute atomic E-state index is 0.0960. The highest BCUT2D eigenvalue weighted by molar-refractivity contribution is 6.32. The zero-order valence-electron chi connectivity index (χ0n) is 13.7. The van der Waals surface area contributed by atoms with Gasteiger partial charge in [0.15, 0.2) is 5.82 Å². The normalized spacial score (nSPS) is 24.2. The van der Waals surface area contributed by atoms with E-state index in [1.54, 1.807) is 6.20 Å². The smallest absolute Gasteiger partial charge is 0.151 e. The summed E-state index contributed by atoms with van der Waals surface area (Å²) in [5, 5.41) is 21.2. The van der Waals surface area contributed by atoms with Gasteiger partial charge in [0.1, 0.15) is 10.8 Å². The van der Waals surface area contributed by atoms with Crippen molar-refractivity contribution in [1.82, 2.24) is 9.97 Å². The summed E-state index contributed by atoms with van der Waals surface area (Å²) in [5.41, 5.74) is 0.458. The Kier molecular flexibility index (Phi) is 5.04. The molecular formula is C18H22ClN3O2. The summed E-state index contributed by atoms with van der Waals surface area (Å²) in [6, 6.07) is 9.94. The molecule has 1 aliphatic heterocycles. The lowest BCUT2D eigenvalue weighted by molar-refractivity contribution is -0.0292. The van der Waals surface area contributed by atoms with E-state index in [0.29, 0.717) is 42.6 Å². The molecule has 0 saturated carbocycles. The van der Waals surface area contributed by atoms with Crippen molar-refractivity contribution in [3.05, 3.63) is 52.9 Å². The lowest BCUT2D eigenvalue weighted by Crippen LogP contribution is -2.55. The fourth-order valence-electron chi connectivity index (χ4n) is 3.38. The van der Waals surface area contributed by atoms with Crippen LogP contribution >= 0.6 is 11.6 Å². The van der Waals surface area contributed by atoms with Crippen LogP contribution in [-0.2, 0) is 6.42 Å². The zero-order chi connectivity index (χ0) is 17.2. The second-order valence-corrected chi connectivity index (χ2v) is 6.90. The molecule has 128 valence electrons. The number of aliphatic hydroxyl groups excluding tert-OH is 2. The minimum Gasteiger partial charge on any atom is -0.396 e. The molecule has 0 radical (unpaired) electrons. The van der Waals surface area contributed by atoms with E-state index in [2.05, 4.69) is 9.97 Å². The number of anilines is 1. The SMILES string of the molecule is Cc1ncc(Cl)c(N2CC[C@@H](O)[C@@](CO)(Cc3ccccc3)C2)n1. The van der Waals surface area contributed by atoms with E-state index in [1.807, 2.05) is 42.2 Å². The van der Waals surface area contributed by atoms with Crippen LogP contribution in [0.25, 0.3) is 0 Å². The number of benzene rings is 1. The number of aromatic nitrogens is 2. The number of rotatable bonds is 4. The Morgan fingerprint density at radius 2 is 2.08 bits per heavy atom. The molecule has 1 aromatic heterocycles. The molecule has 5 nitrogen and oxygen atoms in total. The second kappa shape index (κ2) is 7.05. The molecule has 1 fully saturated rings. The maximum atomic E-state index is 10.6. The molecule has 2 aromatic rings. The molecule has 2 heterocycles. The molecule has 1 saturated heterocycles. The lowest BCUT2D eigenvalue weighted by Gasteiger charge is -2.46. The van der Waals surface area contributed by atoms with Gasteiger partial charge in [0.05, 0.1) is 18.9 Å². The average molecular weight is 348 g/mol. The highest BCUT2D eigenvalue weighted by atomic mass is 35.5. The van der Waals surface area contributed by atoms with Crippen molar-refractivity contribution in [1.29, 1.82) is 0 Å². The summed E-state index contributed by atoms with van der Waals surface area (Å²) in [5.74, 6) is 1.32. The van der Waals surface area contributed by atoms with Crippen LogP contribution in [-0.4, -0.2) is 46.0 Å². The number of nitrogens with zero attached hydrogens (tertiary/aromatic N) is 3. The van der Waals surface area contributed by atoms with E-state index in [0.717, 1.165) is 5.56 Å². The monoisotopic (exact) mass is 347 g/mol. The van der Waals surface area contributed by atoms with E-state index < -0.39 is 11.5 Å². The maximum absolute atomic E-state index is 10.6. The summed E-state index contributed by atoms with van der Waals surface area (Å²) in [7, 11) is 0. The molecule has 1 aliphatic rings. The number of hydrogen-bond donors (Lipinski definition) is 2. The predicted molar refractivity (Wildman–Crippen MR) is 94.3 cm³/mol. The molecule has 2 N–H and O–H groups in total. The van der Waals surface area contributed by atoms with Crippen molar-refractivity contribution in [2.45, 2.75) is 25.9 Å². The molecule has 0 amide bonds. The molecule has 0 unspecified atom stereocenters.